The molecule has 1 aliphatic carbocycles. The van der Waals surface area contributed by atoms with Gasteiger partial charge in [0, 0.05) is 17.5 Å². The van der Waals surface area contributed by atoms with Crippen molar-refractivity contribution in [2.75, 3.05) is 13.1 Å². The van der Waals surface area contributed by atoms with E-state index in [4.69, 9.17) is 4.98 Å². The van der Waals surface area contributed by atoms with Crippen LogP contribution in [-0.4, -0.2) is 28.2 Å². The lowest BCUT2D eigenvalue weighted by Gasteiger charge is -2.35. The summed E-state index contributed by atoms with van der Waals surface area (Å²) in [6.07, 6.45) is 14.4. The molecule has 2 heterocycles. The van der Waals surface area contributed by atoms with Gasteiger partial charge in [-0.2, -0.15) is 0 Å². The van der Waals surface area contributed by atoms with Crippen LogP contribution in [0.4, 0.5) is 0 Å². The van der Waals surface area contributed by atoms with E-state index in [0.29, 0.717) is 6.04 Å². The molecular formula is C19H30N2S. The topological polar surface area (TPSA) is 16.1 Å². The number of aromatic nitrogens is 1. The van der Waals surface area contributed by atoms with Gasteiger partial charge in [0.05, 0.1) is 5.03 Å². The zero-order valence-corrected chi connectivity index (χ0v) is 14.8. The Balaban J connectivity index is 1.62. The van der Waals surface area contributed by atoms with Crippen molar-refractivity contribution in [1.29, 1.82) is 0 Å². The molecule has 0 unspecified atom stereocenters. The Labute approximate surface area is 140 Å². The van der Waals surface area contributed by atoms with Gasteiger partial charge in [0.25, 0.3) is 0 Å². The van der Waals surface area contributed by atoms with Crippen LogP contribution in [0.1, 0.15) is 76.3 Å². The molecule has 0 amide bonds. The molecule has 22 heavy (non-hydrogen) atoms. The van der Waals surface area contributed by atoms with E-state index in [9.17, 15) is 0 Å². The molecule has 1 aromatic rings. The molecular weight excluding hydrogens is 288 g/mol. The molecule has 1 aliphatic heterocycles. The van der Waals surface area contributed by atoms with Crippen molar-refractivity contribution in [3.05, 3.63) is 23.9 Å². The Morgan fingerprint density at radius 3 is 2.64 bits per heavy atom. The first kappa shape index (κ1) is 16.3. The van der Waals surface area contributed by atoms with Crippen LogP contribution in [-0.2, 0) is 0 Å². The molecule has 2 nitrogen and oxygen atoms in total. The fourth-order valence-electron chi connectivity index (χ4n) is 3.94. The van der Waals surface area contributed by atoms with E-state index in [1.807, 2.05) is 11.8 Å². The third kappa shape index (κ3) is 4.26. The van der Waals surface area contributed by atoms with E-state index in [1.165, 1.54) is 81.5 Å². The van der Waals surface area contributed by atoms with Gasteiger partial charge in [0.15, 0.2) is 0 Å². The molecule has 1 aromatic heterocycles. The van der Waals surface area contributed by atoms with Crippen molar-refractivity contribution in [3.8, 4) is 0 Å². The van der Waals surface area contributed by atoms with Crippen LogP contribution in [0.3, 0.4) is 0 Å². The van der Waals surface area contributed by atoms with Gasteiger partial charge in [0.1, 0.15) is 0 Å². The summed E-state index contributed by atoms with van der Waals surface area (Å²) in [4.78, 5) is 7.44. The fraction of sp³-hybridized carbons (Fsp3) is 0.737. The number of likely N-dealkylation sites (tertiary alicyclic amines) is 1. The zero-order valence-electron chi connectivity index (χ0n) is 14.0. The quantitative estimate of drug-likeness (QED) is 0.719. The lowest BCUT2D eigenvalue weighted by atomic mass is 9.96. The van der Waals surface area contributed by atoms with Crippen LogP contribution in [0, 0.1) is 0 Å². The molecule has 0 bridgehead atoms. The number of hydrogen-bond acceptors (Lipinski definition) is 3. The monoisotopic (exact) mass is 318 g/mol. The molecule has 1 saturated heterocycles. The second-order valence-corrected chi connectivity index (χ2v) is 8.18. The Morgan fingerprint density at radius 1 is 1.09 bits per heavy atom. The lowest BCUT2D eigenvalue weighted by Crippen LogP contribution is -2.34. The predicted octanol–water partition coefficient (Wildman–Crippen LogP) is 5.44. The number of pyridine rings is 1. The fourth-order valence-corrected chi connectivity index (χ4v) is 5.11. The standard InChI is InChI=1S/C19H30N2S/c1-2-13-21-14-7-6-10-18(21)16-11-12-19(20-15-16)22-17-8-4-3-5-9-17/h11-12,15,17-18H,2-10,13-14H2,1H3/t18-/m1/s1. The minimum atomic E-state index is 0.606. The summed E-state index contributed by atoms with van der Waals surface area (Å²) in [6, 6.07) is 5.22. The first-order valence-electron chi connectivity index (χ1n) is 9.23. The molecule has 0 N–H and O–H groups in total. The summed E-state index contributed by atoms with van der Waals surface area (Å²) in [6.45, 7) is 4.77. The summed E-state index contributed by atoms with van der Waals surface area (Å²) in [7, 11) is 0. The van der Waals surface area contributed by atoms with Crippen LogP contribution < -0.4 is 0 Å². The SMILES string of the molecule is CCCN1CCCC[C@@H]1c1ccc(SC2CCCCC2)nc1. The molecule has 2 aliphatic rings. The van der Waals surface area contributed by atoms with Crippen molar-refractivity contribution in [3.63, 3.8) is 0 Å². The number of hydrogen-bond donors (Lipinski definition) is 0. The number of thioether (sulfide) groups is 1. The van der Waals surface area contributed by atoms with Crippen LogP contribution in [0.25, 0.3) is 0 Å². The van der Waals surface area contributed by atoms with Crippen LogP contribution in [0.2, 0.25) is 0 Å². The van der Waals surface area contributed by atoms with Crippen molar-refractivity contribution in [1.82, 2.24) is 9.88 Å². The molecule has 122 valence electrons. The molecule has 0 radical (unpaired) electrons. The minimum Gasteiger partial charge on any atom is -0.296 e. The van der Waals surface area contributed by atoms with E-state index in [2.05, 4.69) is 30.2 Å². The average Bonchev–Trinajstić information content (AvgIpc) is 2.58. The Kier molecular flexibility index (Phi) is 6.20. The predicted molar refractivity (Wildman–Crippen MR) is 95.4 cm³/mol. The maximum Gasteiger partial charge on any atom is 0.0962 e. The van der Waals surface area contributed by atoms with Crippen LogP contribution >= 0.6 is 11.8 Å². The van der Waals surface area contributed by atoms with Crippen molar-refractivity contribution in [2.45, 2.75) is 81.0 Å². The average molecular weight is 319 g/mol. The number of nitrogens with zero attached hydrogens (tertiary/aromatic N) is 2. The molecule has 1 atom stereocenters. The smallest absolute Gasteiger partial charge is 0.0962 e. The molecule has 3 heteroatoms. The minimum absolute atomic E-state index is 0.606. The van der Waals surface area contributed by atoms with E-state index in [1.54, 1.807) is 0 Å². The summed E-state index contributed by atoms with van der Waals surface area (Å²) < 4.78 is 0. The first-order chi connectivity index (χ1) is 10.9. The summed E-state index contributed by atoms with van der Waals surface area (Å²) in [5.41, 5.74) is 1.43. The third-order valence-electron chi connectivity index (χ3n) is 5.11. The second-order valence-electron chi connectivity index (χ2n) is 6.86. The van der Waals surface area contributed by atoms with Crippen molar-refractivity contribution in [2.24, 2.45) is 0 Å². The first-order valence-corrected chi connectivity index (χ1v) is 10.1. The maximum absolute atomic E-state index is 4.78. The summed E-state index contributed by atoms with van der Waals surface area (Å²) in [5.74, 6) is 0. The van der Waals surface area contributed by atoms with Crippen LogP contribution in [0.15, 0.2) is 23.4 Å². The summed E-state index contributed by atoms with van der Waals surface area (Å²) in [5, 5.41) is 2.03. The van der Waals surface area contributed by atoms with Gasteiger partial charge in [-0.25, -0.2) is 4.98 Å². The van der Waals surface area contributed by atoms with E-state index in [-0.39, 0.29) is 0 Å². The van der Waals surface area contributed by atoms with Gasteiger partial charge >= 0.3 is 0 Å². The van der Waals surface area contributed by atoms with Crippen molar-refractivity contribution >= 4 is 11.8 Å². The third-order valence-corrected chi connectivity index (χ3v) is 6.40. The maximum atomic E-state index is 4.78. The van der Waals surface area contributed by atoms with E-state index in [0.717, 1.165) is 5.25 Å². The van der Waals surface area contributed by atoms with Gasteiger partial charge in [-0.05, 0) is 56.8 Å². The second kappa shape index (κ2) is 8.35. The number of piperidine rings is 1. The molecule has 2 fully saturated rings. The Bertz CT molecular complexity index is 437. The Hall–Kier alpha value is -0.540. The number of rotatable bonds is 5. The highest BCUT2D eigenvalue weighted by molar-refractivity contribution is 7.99. The van der Waals surface area contributed by atoms with E-state index >= 15 is 0 Å². The Morgan fingerprint density at radius 2 is 1.91 bits per heavy atom. The van der Waals surface area contributed by atoms with Crippen LogP contribution in [0.5, 0.6) is 0 Å². The van der Waals surface area contributed by atoms with Gasteiger partial charge in [0.2, 0.25) is 0 Å². The summed E-state index contributed by atoms with van der Waals surface area (Å²) >= 11 is 2.01. The van der Waals surface area contributed by atoms with Gasteiger partial charge in [-0.1, -0.05) is 38.7 Å². The van der Waals surface area contributed by atoms with Gasteiger partial charge in [-0.15, -0.1) is 11.8 Å². The van der Waals surface area contributed by atoms with Gasteiger partial charge < -0.3 is 0 Å². The highest BCUT2D eigenvalue weighted by Crippen LogP contribution is 2.34. The van der Waals surface area contributed by atoms with E-state index < -0.39 is 0 Å². The highest BCUT2D eigenvalue weighted by atomic mass is 32.2. The highest BCUT2D eigenvalue weighted by Gasteiger charge is 2.23. The largest absolute Gasteiger partial charge is 0.296 e. The normalized spacial score (nSPS) is 24.5. The molecule has 1 saturated carbocycles. The zero-order chi connectivity index (χ0) is 15.2. The molecule has 0 spiro atoms. The van der Waals surface area contributed by atoms with Gasteiger partial charge in [-0.3, -0.25) is 4.90 Å². The molecule has 3 rings (SSSR count). The van der Waals surface area contributed by atoms with Crippen molar-refractivity contribution < 1.29 is 0 Å². The lowest BCUT2D eigenvalue weighted by molar-refractivity contribution is 0.148. The molecule has 0 aromatic carbocycles.